The molecule has 32 heavy (non-hydrogen) atoms. The van der Waals surface area contributed by atoms with E-state index in [2.05, 4.69) is 0 Å². The monoisotopic (exact) mass is 434 g/mol. The minimum absolute atomic E-state index is 0.136. The van der Waals surface area contributed by atoms with E-state index < -0.39 is 18.3 Å². The predicted octanol–water partition coefficient (Wildman–Crippen LogP) is 4.32. The van der Waals surface area contributed by atoms with E-state index in [9.17, 15) is 9.90 Å². The molecule has 0 unspecified atom stereocenters. The number of aliphatic hydroxyl groups is 1. The Bertz CT molecular complexity index is 886. The highest BCUT2D eigenvalue weighted by atomic mass is 16.6. The van der Waals surface area contributed by atoms with Crippen LogP contribution in [0.2, 0.25) is 0 Å². The minimum Gasteiger partial charge on any atom is -0.394 e. The quantitative estimate of drug-likeness (QED) is 0.383. The van der Waals surface area contributed by atoms with Crippen LogP contribution in [0.15, 0.2) is 91.0 Å². The molecule has 3 atom stereocenters. The van der Waals surface area contributed by atoms with Gasteiger partial charge in [-0.05, 0) is 16.7 Å². The summed E-state index contributed by atoms with van der Waals surface area (Å²) in [6, 6.07) is 29.3. The summed E-state index contributed by atoms with van der Waals surface area (Å²) < 4.78 is 18.3. The molecule has 0 fully saturated rings. The normalized spacial score (nSPS) is 13.9. The molecule has 3 aromatic rings. The fourth-order valence-corrected chi connectivity index (χ4v) is 3.42. The van der Waals surface area contributed by atoms with Crippen LogP contribution >= 0.6 is 0 Å². The van der Waals surface area contributed by atoms with Gasteiger partial charge in [-0.2, -0.15) is 0 Å². The second-order valence-corrected chi connectivity index (χ2v) is 7.52. The van der Waals surface area contributed by atoms with Crippen molar-refractivity contribution >= 4 is 6.29 Å². The largest absolute Gasteiger partial charge is 0.394 e. The van der Waals surface area contributed by atoms with Gasteiger partial charge >= 0.3 is 0 Å². The van der Waals surface area contributed by atoms with Crippen LogP contribution in [0.5, 0.6) is 0 Å². The Morgan fingerprint density at radius 1 is 0.625 bits per heavy atom. The van der Waals surface area contributed by atoms with Crippen LogP contribution in [0, 0.1) is 0 Å². The van der Waals surface area contributed by atoms with Crippen LogP contribution in [-0.4, -0.2) is 36.3 Å². The van der Waals surface area contributed by atoms with Crippen molar-refractivity contribution in [3.63, 3.8) is 0 Å². The smallest absolute Gasteiger partial charge is 0.122 e. The molecule has 0 aliphatic carbocycles. The van der Waals surface area contributed by atoms with Gasteiger partial charge < -0.3 is 24.1 Å². The van der Waals surface area contributed by atoms with Crippen LogP contribution in [0.3, 0.4) is 0 Å². The van der Waals surface area contributed by atoms with E-state index in [-0.39, 0.29) is 13.0 Å². The summed E-state index contributed by atoms with van der Waals surface area (Å²) in [6.45, 7) is 0.724. The Morgan fingerprint density at radius 3 is 1.44 bits per heavy atom. The number of benzene rings is 3. The summed E-state index contributed by atoms with van der Waals surface area (Å²) in [5.74, 6) is 0. The Labute approximate surface area is 189 Å². The molecule has 0 aromatic heterocycles. The van der Waals surface area contributed by atoms with Gasteiger partial charge in [-0.15, -0.1) is 0 Å². The highest BCUT2D eigenvalue weighted by Crippen LogP contribution is 2.20. The van der Waals surface area contributed by atoms with E-state index in [4.69, 9.17) is 14.2 Å². The minimum atomic E-state index is -0.653. The summed E-state index contributed by atoms with van der Waals surface area (Å²) in [5.41, 5.74) is 2.98. The molecule has 1 N–H and O–H groups in total. The molecule has 0 aliphatic rings. The van der Waals surface area contributed by atoms with Crippen LogP contribution in [0.1, 0.15) is 23.1 Å². The van der Waals surface area contributed by atoms with Gasteiger partial charge in [0.15, 0.2) is 0 Å². The number of carbonyl (C=O) groups is 1. The second-order valence-electron chi connectivity index (χ2n) is 7.52. The molecule has 168 valence electrons. The van der Waals surface area contributed by atoms with E-state index in [0.29, 0.717) is 19.8 Å². The molecule has 0 amide bonds. The lowest BCUT2D eigenvalue weighted by Crippen LogP contribution is -2.44. The summed E-state index contributed by atoms with van der Waals surface area (Å²) in [6.07, 6.45) is -0.890. The lowest BCUT2D eigenvalue weighted by molar-refractivity contribution is -0.163. The Hall–Kier alpha value is -2.83. The molecular weight excluding hydrogens is 404 g/mol. The van der Waals surface area contributed by atoms with Crippen molar-refractivity contribution in [3.05, 3.63) is 108 Å². The lowest BCUT2D eigenvalue weighted by atomic mass is 10.0. The number of hydrogen-bond acceptors (Lipinski definition) is 5. The molecule has 0 aliphatic heterocycles. The van der Waals surface area contributed by atoms with E-state index in [0.717, 1.165) is 23.0 Å². The number of aliphatic hydroxyl groups excluding tert-OH is 1. The van der Waals surface area contributed by atoms with Gasteiger partial charge in [-0.3, -0.25) is 0 Å². The highest BCUT2D eigenvalue weighted by Gasteiger charge is 2.32. The van der Waals surface area contributed by atoms with Crippen molar-refractivity contribution in [1.82, 2.24) is 0 Å². The van der Waals surface area contributed by atoms with Gasteiger partial charge in [-0.1, -0.05) is 91.0 Å². The molecule has 5 heteroatoms. The maximum Gasteiger partial charge on any atom is 0.122 e. The number of carbonyl (C=O) groups excluding carboxylic acids is 1. The van der Waals surface area contributed by atoms with Gasteiger partial charge in [0.2, 0.25) is 0 Å². The van der Waals surface area contributed by atoms with Crippen molar-refractivity contribution in [1.29, 1.82) is 0 Å². The van der Waals surface area contributed by atoms with Crippen LogP contribution < -0.4 is 0 Å². The highest BCUT2D eigenvalue weighted by molar-refractivity contribution is 5.50. The number of ether oxygens (including phenoxy) is 3. The van der Waals surface area contributed by atoms with E-state index >= 15 is 0 Å². The zero-order valence-electron chi connectivity index (χ0n) is 18.1. The summed E-state index contributed by atoms with van der Waals surface area (Å²) in [7, 11) is 0. The van der Waals surface area contributed by atoms with Crippen molar-refractivity contribution < 1.29 is 24.1 Å². The molecule has 3 aromatic carbocycles. The SMILES string of the molecule is O=CC[C@H](OCc1ccccc1)[C@H](OCc1ccccc1)[C@H](CO)OCc1ccccc1. The first kappa shape index (κ1) is 23.8. The maximum absolute atomic E-state index is 11.5. The van der Waals surface area contributed by atoms with E-state index in [1.165, 1.54) is 0 Å². The average molecular weight is 435 g/mol. The average Bonchev–Trinajstić information content (AvgIpc) is 2.86. The molecule has 3 rings (SSSR count). The fourth-order valence-electron chi connectivity index (χ4n) is 3.42. The molecule has 0 saturated heterocycles. The third-order valence-corrected chi connectivity index (χ3v) is 5.14. The van der Waals surface area contributed by atoms with Crippen LogP contribution in [0.25, 0.3) is 0 Å². The number of rotatable bonds is 14. The molecule has 0 radical (unpaired) electrons. The van der Waals surface area contributed by atoms with Gasteiger partial charge in [-0.25, -0.2) is 0 Å². The van der Waals surface area contributed by atoms with Gasteiger partial charge in [0.1, 0.15) is 18.5 Å². The molecule has 0 bridgehead atoms. The Morgan fingerprint density at radius 2 is 1.03 bits per heavy atom. The second kappa shape index (κ2) is 13.6. The predicted molar refractivity (Wildman–Crippen MR) is 123 cm³/mol. The maximum atomic E-state index is 11.5. The zero-order chi connectivity index (χ0) is 22.4. The molecular formula is C27H30O5. The number of hydrogen-bond donors (Lipinski definition) is 1. The molecule has 0 spiro atoms. The zero-order valence-corrected chi connectivity index (χ0v) is 18.1. The summed E-state index contributed by atoms with van der Waals surface area (Å²) in [4.78, 5) is 11.5. The number of aldehydes is 1. The van der Waals surface area contributed by atoms with Gasteiger partial charge in [0, 0.05) is 6.42 Å². The van der Waals surface area contributed by atoms with Crippen molar-refractivity contribution in [3.8, 4) is 0 Å². The Kier molecular flexibility index (Phi) is 10.1. The first-order valence-electron chi connectivity index (χ1n) is 10.8. The van der Waals surface area contributed by atoms with Crippen molar-refractivity contribution in [2.45, 2.75) is 44.6 Å². The topological polar surface area (TPSA) is 65.0 Å². The summed E-state index contributed by atoms with van der Waals surface area (Å²) in [5, 5.41) is 10.1. The van der Waals surface area contributed by atoms with E-state index in [1.54, 1.807) is 0 Å². The molecule has 0 saturated carbocycles. The van der Waals surface area contributed by atoms with Crippen LogP contribution in [0.4, 0.5) is 0 Å². The standard InChI is InChI=1S/C27H30O5/c28-17-16-25(30-19-22-10-4-1-5-11-22)27(32-21-24-14-8-3-9-15-24)26(18-29)31-20-23-12-6-2-7-13-23/h1-15,17,25-27,29H,16,18-21H2/t25-,26-,27-/m0/s1. The first-order chi connectivity index (χ1) is 15.8. The fraction of sp³-hybridized carbons (Fsp3) is 0.296. The van der Waals surface area contributed by atoms with Gasteiger partial charge in [0.05, 0.1) is 32.5 Å². The summed E-state index contributed by atoms with van der Waals surface area (Å²) >= 11 is 0. The van der Waals surface area contributed by atoms with Crippen molar-refractivity contribution in [2.75, 3.05) is 6.61 Å². The third kappa shape index (κ3) is 7.70. The first-order valence-corrected chi connectivity index (χ1v) is 10.8. The lowest BCUT2D eigenvalue weighted by Gasteiger charge is -2.32. The Balaban J connectivity index is 1.74. The van der Waals surface area contributed by atoms with E-state index in [1.807, 2.05) is 91.0 Å². The van der Waals surface area contributed by atoms with Gasteiger partial charge in [0.25, 0.3) is 0 Å². The van der Waals surface area contributed by atoms with Crippen molar-refractivity contribution in [2.24, 2.45) is 0 Å². The van der Waals surface area contributed by atoms with Crippen LogP contribution in [-0.2, 0) is 38.8 Å². The molecule has 0 heterocycles. The third-order valence-electron chi connectivity index (χ3n) is 5.14. The molecule has 5 nitrogen and oxygen atoms in total.